The van der Waals surface area contributed by atoms with E-state index in [-0.39, 0.29) is 16.6 Å². The SMILES string of the molecule is CC(C)S(=O)(=O)C(C)(C)C(=O)Nc1cc2ccccc2cn1.CC(C)S(=O)(=O)C(C)(C)C(=O)Nc1ccc(C(C)(C)C)cc1.CC(C)S(=O)(=O)C(C)(C)C(=O)Nc1cnc2ccccc2c1.CC(C)S(=O)(=O)C(C)(C)C(=O)Nc1nc(-c2ccccc2)cs1.CC(C)S(=O)(=O)C(C)(C)C(=O)Nc1nc2ccccc2s1.CCCS(=O)(=O)C(C)(C)C(=O)Nc1nc(C(C)(C)C)cs1. The summed E-state index contributed by atoms with van der Waals surface area (Å²) in [6.07, 6.45) is 3.66. The Morgan fingerprint density at radius 2 is 0.718 bits per heavy atom. The highest BCUT2D eigenvalue weighted by Crippen LogP contribution is 2.35. The average molecular weight is 1980 g/mol. The van der Waals surface area contributed by atoms with Gasteiger partial charge in [0.1, 0.15) is 34.3 Å². The van der Waals surface area contributed by atoms with E-state index in [2.05, 4.69) is 77.6 Å². The van der Waals surface area contributed by atoms with Crippen molar-refractivity contribution in [2.75, 3.05) is 37.7 Å². The van der Waals surface area contributed by atoms with E-state index in [1.165, 1.54) is 123 Å². The predicted octanol–water partition coefficient (Wildman–Crippen LogP) is 18.2. The predicted molar refractivity (Wildman–Crippen MR) is 537 cm³/mol. The molecule has 0 saturated heterocycles. The molecule has 0 atom stereocenters. The standard InChI is InChI=1S/C17H27NO3S.C16H20N2O3S2.2C16H20N2O3S.C14H18N2O3S2.C14H24N2O3S2/c1-12(2)22(20,21)17(6,7)15(19)18-14-10-8-13(9-11-14)16(3,4)5;1-11(2)23(20,21)16(3,4)14(19)18-15-17-13(10-22-15)12-8-6-5-7-9-12;1-11(2)22(20,21)16(3,4)15(19)18-13-9-12-7-5-6-8-14(12)17-10-13;1-11(2)22(20,21)16(3,4)15(19)18-14-9-12-7-5-6-8-13(12)10-17-14;1-9(2)21(18,19)14(3,4)12(17)16-13-15-10-7-5-6-8-11(10)20-13;1-7-8-21(18,19)14(5,6)11(17)16-12-15-10(9-20-12)13(2,3)4/h8-12H,1-7H3,(H,18,19);5-11H,1-4H3,(H,17,18,19);5-11H,1-4H3,(H,18,19);5-11H,1-4H3,(H,17,18,19);5-9H,1-4H3,(H,15,16,17);9H,7-8H2,1-6H3,(H,15,16,17). The summed E-state index contributed by atoms with van der Waals surface area (Å²) in [6, 6.07) is 43.2. The molecule has 0 radical (unpaired) electrons. The van der Waals surface area contributed by atoms with E-state index in [9.17, 15) is 79.3 Å². The van der Waals surface area contributed by atoms with E-state index in [1.807, 2.05) is 147 Å². The van der Waals surface area contributed by atoms with Gasteiger partial charge in [-0.2, -0.15) is 0 Å². The summed E-state index contributed by atoms with van der Waals surface area (Å²) in [7, 11) is -21.3. The lowest BCUT2D eigenvalue weighted by molar-refractivity contribution is -0.118. The van der Waals surface area contributed by atoms with Gasteiger partial charge in [0.05, 0.1) is 71.0 Å². The number of carbonyl (C=O) groups is 6. The summed E-state index contributed by atoms with van der Waals surface area (Å²) < 4.78 is 139. The van der Waals surface area contributed by atoms with Gasteiger partial charge in [0.2, 0.25) is 35.4 Å². The molecule has 5 aromatic carbocycles. The van der Waals surface area contributed by atoms with Crippen LogP contribution in [0.15, 0.2) is 163 Å². The maximum Gasteiger partial charge on any atom is 0.247 e. The number of fused-ring (bicyclic) bond motifs is 3. The number of anilines is 6. The van der Waals surface area contributed by atoms with Gasteiger partial charge in [0.15, 0.2) is 74.4 Å². The Kier molecular flexibility index (Phi) is 37.4. The molecular weight excluding hydrogens is 1850 g/mol. The molecule has 5 aromatic heterocycles. The normalized spacial score (nSPS) is 12.8. The van der Waals surface area contributed by atoms with Crippen LogP contribution >= 0.6 is 34.0 Å². The minimum Gasteiger partial charge on any atom is -0.325 e. The molecule has 0 unspecified atom stereocenters. The Labute approximate surface area is 786 Å². The maximum atomic E-state index is 12.4. The Bertz CT molecular complexity index is 6270. The van der Waals surface area contributed by atoms with Crippen LogP contribution in [0.3, 0.4) is 0 Å². The van der Waals surface area contributed by atoms with Crippen molar-refractivity contribution in [3.05, 3.63) is 174 Å². The molecule has 0 fully saturated rings. The number of aromatic nitrogens is 5. The number of hydrogen-bond donors (Lipinski definition) is 6. The third-order valence-corrected chi connectivity index (χ3v) is 41.1. The number of sulfone groups is 6. The van der Waals surface area contributed by atoms with Gasteiger partial charge in [-0.25, -0.2) is 70.4 Å². The number of rotatable bonds is 26. The molecule has 0 spiro atoms. The van der Waals surface area contributed by atoms with Crippen molar-refractivity contribution in [3.63, 3.8) is 0 Å². The highest BCUT2D eigenvalue weighted by Gasteiger charge is 2.49. The highest BCUT2D eigenvalue weighted by molar-refractivity contribution is 7.95. The Morgan fingerprint density at radius 3 is 1.15 bits per heavy atom. The Hall–Kier alpha value is -9.41. The third kappa shape index (κ3) is 27.2. The van der Waals surface area contributed by atoms with Crippen LogP contribution in [0.2, 0.25) is 0 Å². The Morgan fingerprint density at radius 1 is 0.344 bits per heavy atom. The van der Waals surface area contributed by atoms with E-state index in [0.717, 1.165) is 54.4 Å². The molecule has 0 aliphatic carbocycles. The van der Waals surface area contributed by atoms with Crippen molar-refractivity contribution in [3.8, 4) is 11.3 Å². The molecule has 6 amide bonds. The number of hydrogen-bond acceptors (Lipinski definition) is 26. The fourth-order valence-electron chi connectivity index (χ4n) is 11.8. The minimum absolute atomic E-state index is 0.00146. The number of carbonyl (C=O) groups excluding carboxylic acids is 6. The number of benzene rings is 5. The minimum atomic E-state index is -3.58. The summed E-state index contributed by atoms with van der Waals surface area (Å²) in [5.41, 5.74) is 6.31. The lowest BCUT2D eigenvalue weighted by Gasteiger charge is -2.26. The van der Waals surface area contributed by atoms with Crippen LogP contribution in [0.1, 0.15) is 218 Å². The van der Waals surface area contributed by atoms with Gasteiger partial charge in [0, 0.05) is 44.4 Å². The lowest BCUT2D eigenvalue weighted by atomic mass is 9.87. The lowest BCUT2D eigenvalue weighted by Crippen LogP contribution is -2.47. The van der Waals surface area contributed by atoms with Crippen molar-refractivity contribution in [1.29, 1.82) is 0 Å². The summed E-state index contributed by atoms with van der Waals surface area (Å²) in [4.78, 5) is 95.6. The topological polar surface area (TPSA) is 444 Å². The van der Waals surface area contributed by atoms with Crippen molar-refractivity contribution in [1.82, 2.24) is 24.9 Å². The molecule has 0 bridgehead atoms. The number of thiazole rings is 3. The van der Waals surface area contributed by atoms with E-state index >= 15 is 0 Å². The van der Waals surface area contributed by atoms with Crippen molar-refractivity contribution < 1.29 is 79.3 Å². The second-order valence-electron chi connectivity index (χ2n) is 37.4. The van der Waals surface area contributed by atoms with Crippen LogP contribution in [0.4, 0.5) is 32.6 Å². The zero-order valence-electron chi connectivity index (χ0n) is 80.1. The van der Waals surface area contributed by atoms with Crippen LogP contribution in [0.25, 0.3) is 43.1 Å². The average Bonchev–Trinajstić information content (AvgIpc) is 1.76. The van der Waals surface area contributed by atoms with E-state index in [4.69, 9.17) is 0 Å². The molecule has 10 rings (SSSR count). The molecule has 5 heterocycles. The van der Waals surface area contributed by atoms with E-state index < -0.39 is 149 Å². The first kappa shape index (κ1) is 112. The zero-order valence-corrected chi connectivity index (χ0v) is 87.5. The second kappa shape index (κ2) is 43.7. The number of nitrogens with zero attached hydrogens (tertiary/aromatic N) is 5. The molecule has 38 heteroatoms. The van der Waals surface area contributed by atoms with Gasteiger partial charge in [-0.15, -0.1) is 22.7 Å². The Balaban J connectivity index is 0.000000278. The van der Waals surface area contributed by atoms with Gasteiger partial charge in [0.25, 0.3) is 0 Å². The molecule has 131 heavy (non-hydrogen) atoms. The van der Waals surface area contributed by atoms with Crippen LogP contribution < -0.4 is 31.9 Å². The molecular formula is C93H129N11O18S9. The first-order valence-electron chi connectivity index (χ1n) is 42.3. The molecule has 0 aliphatic heterocycles. The van der Waals surface area contributed by atoms with Gasteiger partial charge < -0.3 is 31.9 Å². The maximum absolute atomic E-state index is 12.4. The van der Waals surface area contributed by atoms with E-state index in [1.54, 1.807) is 107 Å². The van der Waals surface area contributed by atoms with Gasteiger partial charge in [-0.1, -0.05) is 157 Å². The molecule has 10 aromatic rings. The molecule has 718 valence electrons. The van der Waals surface area contributed by atoms with Crippen LogP contribution in [0, 0.1) is 0 Å². The van der Waals surface area contributed by atoms with Crippen LogP contribution in [0.5, 0.6) is 0 Å². The van der Waals surface area contributed by atoms with Crippen LogP contribution in [-0.2, 0) is 98.6 Å². The van der Waals surface area contributed by atoms with Crippen LogP contribution in [-0.4, -0.2) is 171 Å². The smallest absolute Gasteiger partial charge is 0.247 e. The van der Waals surface area contributed by atoms with E-state index in [0.29, 0.717) is 39.0 Å². The van der Waals surface area contributed by atoms with Crippen molar-refractivity contribution in [2.45, 2.75) is 273 Å². The van der Waals surface area contributed by atoms with Crippen molar-refractivity contribution >= 4 is 193 Å². The summed E-state index contributed by atoms with van der Waals surface area (Å²) in [6.45, 7) is 47.1. The first-order chi connectivity index (χ1) is 59.8. The second-order valence-corrected chi connectivity index (χ2v) is 58.1. The summed E-state index contributed by atoms with van der Waals surface area (Å²) in [5, 5.41) is 20.4. The molecule has 29 nitrogen and oxygen atoms in total. The molecule has 0 saturated carbocycles. The number of pyridine rings is 2. The monoisotopic (exact) mass is 1980 g/mol. The number of para-hydroxylation sites is 2. The van der Waals surface area contributed by atoms with Crippen molar-refractivity contribution in [2.24, 2.45) is 0 Å². The zero-order chi connectivity index (χ0) is 100.0. The molecule has 6 N–H and O–H groups in total. The third-order valence-electron chi connectivity index (χ3n) is 21.7. The molecule has 0 aliphatic rings. The first-order valence-corrected chi connectivity index (χ1v) is 54.2. The van der Waals surface area contributed by atoms with Gasteiger partial charge in [-0.05, 0) is 218 Å². The summed E-state index contributed by atoms with van der Waals surface area (Å²) in [5.74, 6) is -2.97. The highest BCUT2D eigenvalue weighted by atomic mass is 32.2. The fraction of sp³-hybridized carbons (Fsp3) is 0.473. The summed E-state index contributed by atoms with van der Waals surface area (Å²) >= 11 is 3.90. The van der Waals surface area contributed by atoms with Gasteiger partial charge in [-0.3, -0.25) is 33.8 Å². The quantitative estimate of drug-likeness (QED) is 0.0293. The number of nitrogens with one attached hydrogen (secondary N) is 6. The number of amides is 6. The largest absolute Gasteiger partial charge is 0.325 e. The fourth-order valence-corrected chi connectivity index (χ4v) is 23.2. The van der Waals surface area contributed by atoms with Gasteiger partial charge >= 0.3 is 0 Å².